The maximum atomic E-state index is 13.8. The van der Waals surface area contributed by atoms with Crippen molar-refractivity contribution in [3.63, 3.8) is 0 Å². The lowest BCUT2D eigenvalue weighted by molar-refractivity contribution is -0.171. The summed E-state index contributed by atoms with van der Waals surface area (Å²) in [6.07, 6.45) is 6.35. The van der Waals surface area contributed by atoms with E-state index in [9.17, 15) is 9.18 Å². The molecule has 0 N–H and O–H groups in total. The van der Waals surface area contributed by atoms with Gasteiger partial charge in [0.15, 0.2) is 6.10 Å². The molecule has 1 aliphatic heterocycles. The fourth-order valence-corrected chi connectivity index (χ4v) is 7.50. The van der Waals surface area contributed by atoms with E-state index in [2.05, 4.69) is 37.8 Å². The quantitative estimate of drug-likeness (QED) is 0.202. The number of rotatable bonds is 10. The lowest BCUT2D eigenvalue weighted by Gasteiger charge is -2.43. The van der Waals surface area contributed by atoms with E-state index in [1.165, 1.54) is 37.8 Å². The Morgan fingerprint density at radius 3 is 2.06 bits per heavy atom. The van der Waals surface area contributed by atoms with Crippen LogP contribution in [0.3, 0.4) is 0 Å². The molecule has 3 aromatic rings. The van der Waals surface area contributed by atoms with Crippen molar-refractivity contribution in [3.05, 3.63) is 76.9 Å². The Bertz CT molecular complexity index is 1560. The normalized spacial score (nSPS) is 17.2. The summed E-state index contributed by atoms with van der Waals surface area (Å²) in [6, 6.07) is 14.8. The van der Waals surface area contributed by atoms with Gasteiger partial charge in [0.2, 0.25) is 0 Å². The number of benzene rings is 2. The molecule has 260 valence electrons. The van der Waals surface area contributed by atoms with Crippen LogP contribution in [0.2, 0.25) is 0 Å². The second-order valence-electron chi connectivity index (χ2n) is 15.9. The molecule has 1 spiro atoms. The van der Waals surface area contributed by atoms with Gasteiger partial charge in [-0.05, 0) is 115 Å². The summed E-state index contributed by atoms with van der Waals surface area (Å²) in [5.41, 5.74) is 6.08. The average molecular weight is 659 g/mol. The number of esters is 1. The summed E-state index contributed by atoms with van der Waals surface area (Å²) in [7, 11) is 0. The van der Waals surface area contributed by atoms with E-state index in [1.54, 1.807) is 0 Å². The number of ether oxygens (including phenoxy) is 3. The molecule has 2 aromatic carbocycles. The summed E-state index contributed by atoms with van der Waals surface area (Å²) < 4.78 is 32.2. The Balaban J connectivity index is 1.54. The minimum atomic E-state index is -0.923. The molecule has 1 saturated carbocycles. The first-order valence-electron chi connectivity index (χ1n) is 17.7. The van der Waals surface area contributed by atoms with Gasteiger partial charge in [0.25, 0.3) is 0 Å². The molecule has 48 heavy (non-hydrogen) atoms. The fraction of sp³-hybridized carbons (Fsp3) is 0.561. The van der Waals surface area contributed by atoms with Gasteiger partial charge >= 0.3 is 5.97 Å². The van der Waals surface area contributed by atoms with Gasteiger partial charge in [-0.25, -0.2) is 9.18 Å². The van der Waals surface area contributed by atoms with Crippen LogP contribution in [0.5, 0.6) is 5.75 Å². The number of aromatic nitrogens is 1. The summed E-state index contributed by atoms with van der Waals surface area (Å²) in [5, 5.41) is 0. The maximum absolute atomic E-state index is 13.8. The van der Waals surface area contributed by atoms with Crippen LogP contribution < -0.4 is 9.64 Å². The standard InChI is InChI=1S/C41H55FN2O4/c1-27(2)47-38(45)37(48-39(5,6)7)35-29(4)43-28(3)34(36(35)44-24-22-41(23-25-44)20-10-11-21-41)30-12-18-33(19-13-30)46-26-40(8,9)31-14-16-32(42)17-15-31/h12-19,27,37H,10-11,20-26H2,1-9H3. The minimum absolute atomic E-state index is 0.245. The lowest BCUT2D eigenvalue weighted by Crippen LogP contribution is -2.41. The van der Waals surface area contributed by atoms with Gasteiger partial charge in [-0.2, -0.15) is 0 Å². The molecule has 6 nitrogen and oxygen atoms in total. The second-order valence-corrected chi connectivity index (χ2v) is 15.9. The van der Waals surface area contributed by atoms with E-state index in [0.29, 0.717) is 12.0 Å². The van der Waals surface area contributed by atoms with Crippen molar-refractivity contribution < 1.29 is 23.4 Å². The Morgan fingerprint density at radius 1 is 0.896 bits per heavy atom. The van der Waals surface area contributed by atoms with Crippen LogP contribution in [-0.2, 0) is 19.7 Å². The number of nitrogens with zero attached hydrogens (tertiary/aromatic N) is 2. The molecule has 1 aromatic heterocycles. The Kier molecular flexibility index (Phi) is 10.6. The van der Waals surface area contributed by atoms with Crippen LogP contribution in [0.4, 0.5) is 10.1 Å². The molecule has 1 unspecified atom stereocenters. The molecular formula is C41H55FN2O4. The van der Waals surface area contributed by atoms with E-state index in [0.717, 1.165) is 71.0 Å². The number of carbonyl (C=O) groups is 1. The summed E-state index contributed by atoms with van der Waals surface area (Å²) in [4.78, 5) is 21.4. The van der Waals surface area contributed by atoms with Crippen molar-refractivity contribution >= 4 is 11.7 Å². The van der Waals surface area contributed by atoms with E-state index in [1.807, 2.05) is 65.8 Å². The van der Waals surface area contributed by atoms with Crippen molar-refractivity contribution in [1.29, 1.82) is 0 Å². The van der Waals surface area contributed by atoms with E-state index in [-0.39, 0.29) is 17.3 Å². The molecule has 5 rings (SSSR count). The predicted molar refractivity (Wildman–Crippen MR) is 191 cm³/mol. The third kappa shape index (κ3) is 8.22. The largest absolute Gasteiger partial charge is 0.493 e. The lowest BCUT2D eigenvalue weighted by atomic mass is 9.76. The molecule has 2 aliphatic rings. The molecule has 1 aliphatic carbocycles. The van der Waals surface area contributed by atoms with Crippen LogP contribution >= 0.6 is 0 Å². The molecule has 7 heteroatoms. The molecule has 0 amide bonds. The number of hydrogen-bond donors (Lipinski definition) is 0. The van der Waals surface area contributed by atoms with Crippen LogP contribution in [0.25, 0.3) is 11.1 Å². The Labute approximate surface area is 287 Å². The molecular weight excluding hydrogens is 603 g/mol. The summed E-state index contributed by atoms with van der Waals surface area (Å²) in [6.45, 7) is 20.2. The van der Waals surface area contributed by atoms with Crippen LogP contribution in [0, 0.1) is 25.1 Å². The number of anilines is 1. The van der Waals surface area contributed by atoms with Crippen molar-refractivity contribution in [2.24, 2.45) is 5.41 Å². The highest BCUT2D eigenvalue weighted by atomic mass is 19.1. The number of carbonyl (C=O) groups excluding carboxylic acids is 1. The number of pyridine rings is 1. The fourth-order valence-electron chi connectivity index (χ4n) is 7.50. The molecule has 1 saturated heterocycles. The highest BCUT2D eigenvalue weighted by molar-refractivity contribution is 5.88. The number of piperidine rings is 1. The third-order valence-corrected chi connectivity index (χ3v) is 10.1. The van der Waals surface area contributed by atoms with E-state index >= 15 is 0 Å². The van der Waals surface area contributed by atoms with Crippen molar-refractivity contribution in [2.75, 3.05) is 24.6 Å². The summed E-state index contributed by atoms with van der Waals surface area (Å²) in [5.74, 6) is 0.117. The predicted octanol–water partition coefficient (Wildman–Crippen LogP) is 9.83. The third-order valence-electron chi connectivity index (χ3n) is 10.1. The molecule has 0 radical (unpaired) electrons. The smallest absolute Gasteiger partial charge is 0.340 e. The number of aryl methyl sites for hydroxylation is 2. The number of hydrogen-bond acceptors (Lipinski definition) is 6. The highest BCUT2D eigenvalue weighted by Crippen LogP contribution is 2.50. The van der Waals surface area contributed by atoms with Gasteiger partial charge in [-0.15, -0.1) is 0 Å². The van der Waals surface area contributed by atoms with Gasteiger partial charge in [0.1, 0.15) is 11.6 Å². The Morgan fingerprint density at radius 2 is 1.50 bits per heavy atom. The van der Waals surface area contributed by atoms with Crippen LogP contribution in [0.1, 0.15) is 116 Å². The maximum Gasteiger partial charge on any atom is 0.340 e. The Hall–Kier alpha value is -3.45. The van der Waals surface area contributed by atoms with E-state index < -0.39 is 17.7 Å². The van der Waals surface area contributed by atoms with Crippen molar-refractivity contribution in [2.45, 2.75) is 124 Å². The molecule has 2 fully saturated rings. The van der Waals surface area contributed by atoms with Gasteiger partial charge < -0.3 is 19.1 Å². The van der Waals surface area contributed by atoms with Gasteiger partial charge in [-0.1, -0.05) is 51.0 Å². The van der Waals surface area contributed by atoms with Crippen LogP contribution in [-0.4, -0.2) is 42.4 Å². The van der Waals surface area contributed by atoms with Gasteiger partial charge in [0, 0.05) is 41.0 Å². The van der Waals surface area contributed by atoms with Crippen molar-refractivity contribution in [1.82, 2.24) is 4.98 Å². The summed E-state index contributed by atoms with van der Waals surface area (Å²) >= 11 is 0. The topological polar surface area (TPSA) is 60.9 Å². The zero-order valence-electron chi connectivity index (χ0n) is 30.5. The first kappa shape index (κ1) is 35.8. The first-order chi connectivity index (χ1) is 22.6. The van der Waals surface area contributed by atoms with Gasteiger partial charge in [0.05, 0.1) is 24.0 Å². The zero-order valence-corrected chi connectivity index (χ0v) is 30.5. The first-order valence-corrected chi connectivity index (χ1v) is 17.7. The zero-order chi connectivity index (χ0) is 34.9. The van der Waals surface area contributed by atoms with Gasteiger partial charge in [-0.3, -0.25) is 4.98 Å². The van der Waals surface area contributed by atoms with Crippen molar-refractivity contribution in [3.8, 4) is 16.9 Å². The second kappa shape index (κ2) is 14.2. The molecule has 2 heterocycles. The number of halogens is 1. The highest BCUT2D eigenvalue weighted by Gasteiger charge is 2.41. The monoisotopic (exact) mass is 658 g/mol. The minimum Gasteiger partial charge on any atom is -0.493 e. The van der Waals surface area contributed by atoms with Crippen LogP contribution in [0.15, 0.2) is 48.5 Å². The van der Waals surface area contributed by atoms with E-state index in [4.69, 9.17) is 19.2 Å². The molecule has 0 bridgehead atoms. The SMILES string of the molecule is Cc1nc(C)c(C(OC(C)(C)C)C(=O)OC(C)C)c(N2CCC3(CCCC3)CC2)c1-c1ccc(OCC(C)(C)c2ccc(F)cc2)cc1. The average Bonchev–Trinajstić information content (AvgIpc) is 3.47. The molecule has 1 atom stereocenters.